The molecule has 100 valence electrons. The second-order valence-corrected chi connectivity index (χ2v) is 4.42. The van der Waals surface area contributed by atoms with Crippen LogP contribution in [0.2, 0.25) is 0 Å². The van der Waals surface area contributed by atoms with Crippen molar-refractivity contribution < 1.29 is 9.84 Å². The lowest BCUT2D eigenvalue weighted by atomic mass is 10.1. The van der Waals surface area contributed by atoms with E-state index < -0.39 is 0 Å². The van der Waals surface area contributed by atoms with E-state index in [2.05, 4.69) is 16.9 Å². The molecule has 0 spiro atoms. The van der Waals surface area contributed by atoms with Crippen LogP contribution in [0.15, 0.2) is 48.5 Å². The lowest BCUT2D eigenvalue weighted by molar-refractivity contribution is 0.438. The molecule has 1 heterocycles. The van der Waals surface area contributed by atoms with Crippen LogP contribution >= 0.6 is 0 Å². The zero-order chi connectivity index (χ0) is 13.9. The quantitative estimate of drug-likeness (QED) is 0.785. The standard InChI is InChI=1S/C16H14N2O2/c1-2-14-13-5-3-4-6-15(13)18-16(17-14)20-12-9-7-11(19)8-10-12/h3-10,19H,2H2,1H3. The number of phenols is 1. The van der Waals surface area contributed by atoms with Gasteiger partial charge in [-0.15, -0.1) is 0 Å². The van der Waals surface area contributed by atoms with E-state index in [0.717, 1.165) is 23.0 Å². The number of benzene rings is 2. The molecule has 0 radical (unpaired) electrons. The molecular weight excluding hydrogens is 252 g/mol. The number of para-hydroxylation sites is 1. The van der Waals surface area contributed by atoms with Crippen LogP contribution in [0.3, 0.4) is 0 Å². The summed E-state index contributed by atoms with van der Waals surface area (Å²) in [5.74, 6) is 0.797. The summed E-state index contributed by atoms with van der Waals surface area (Å²) in [6, 6.07) is 14.7. The van der Waals surface area contributed by atoms with Crippen molar-refractivity contribution in [2.45, 2.75) is 13.3 Å². The Bertz CT molecular complexity index is 739. The third-order valence-corrected chi connectivity index (χ3v) is 3.04. The van der Waals surface area contributed by atoms with Gasteiger partial charge in [-0.25, -0.2) is 0 Å². The molecule has 2 aromatic carbocycles. The maximum Gasteiger partial charge on any atom is 0.322 e. The Morgan fingerprint density at radius 3 is 2.50 bits per heavy atom. The summed E-state index contributed by atoms with van der Waals surface area (Å²) in [5.41, 5.74) is 1.83. The Balaban J connectivity index is 2.01. The number of aromatic nitrogens is 2. The monoisotopic (exact) mass is 266 g/mol. The average Bonchev–Trinajstić information content (AvgIpc) is 2.49. The van der Waals surface area contributed by atoms with Gasteiger partial charge in [-0.05, 0) is 36.8 Å². The molecule has 1 aromatic heterocycles. The molecule has 0 saturated carbocycles. The van der Waals surface area contributed by atoms with Gasteiger partial charge >= 0.3 is 6.01 Å². The molecule has 4 nitrogen and oxygen atoms in total. The smallest absolute Gasteiger partial charge is 0.322 e. The highest BCUT2D eigenvalue weighted by Gasteiger charge is 2.07. The number of aryl methyl sites for hydroxylation is 1. The van der Waals surface area contributed by atoms with Crippen molar-refractivity contribution in [2.24, 2.45) is 0 Å². The molecule has 0 fully saturated rings. The minimum absolute atomic E-state index is 0.200. The molecule has 0 aliphatic carbocycles. The van der Waals surface area contributed by atoms with Crippen LogP contribution in [0.4, 0.5) is 0 Å². The van der Waals surface area contributed by atoms with Crippen molar-refractivity contribution in [1.29, 1.82) is 0 Å². The highest BCUT2D eigenvalue weighted by Crippen LogP contribution is 2.24. The Labute approximate surface area is 116 Å². The van der Waals surface area contributed by atoms with Gasteiger partial charge in [0.15, 0.2) is 0 Å². The van der Waals surface area contributed by atoms with E-state index in [1.54, 1.807) is 24.3 Å². The van der Waals surface area contributed by atoms with Crippen LogP contribution in [0.5, 0.6) is 17.5 Å². The summed E-state index contributed by atoms with van der Waals surface area (Å²) in [6.45, 7) is 2.05. The van der Waals surface area contributed by atoms with Gasteiger partial charge in [-0.2, -0.15) is 9.97 Å². The van der Waals surface area contributed by atoms with Crippen molar-refractivity contribution in [3.05, 3.63) is 54.2 Å². The van der Waals surface area contributed by atoms with Crippen LogP contribution in [-0.4, -0.2) is 15.1 Å². The summed E-state index contributed by atoms with van der Waals surface area (Å²) in [6.07, 6.45) is 0.814. The summed E-state index contributed by atoms with van der Waals surface area (Å²) in [4.78, 5) is 8.85. The number of rotatable bonds is 3. The van der Waals surface area contributed by atoms with Gasteiger partial charge in [-0.1, -0.05) is 25.1 Å². The number of phenolic OH excluding ortho intramolecular Hbond substituents is 1. The van der Waals surface area contributed by atoms with Gasteiger partial charge in [0.1, 0.15) is 11.5 Å². The number of fused-ring (bicyclic) bond motifs is 1. The normalized spacial score (nSPS) is 10.7. The molecule has 0 amide bonds. The highest BCUT2D eigenvalue weighted by atomic mass is 16.5. The molecule has 0 aliphatic heterocycles. The molecule has 20 heavy (non-hydrogen) atoms. The van der Waals surface area contributed by atoms with E-state index in [-0.39, 0.29) is 5.75 Å². The minimum Gasteiger partial charge on any atom is -0.508 e. The zero-order valence-electron chi connectivity index (χ0n) is 11.1. The van der Waals surface area contributed by atoms with Gasteiger partial charge in [0.25, 0.3) is 0 Å². The summed E-state index contributed by atoms with van der Waals surface area (Å²) in [7, 11) is 0. The highest BCUT2D eigenvalue weighted by molar-refractivity contribution is 5.81. The zero-order valence-corrected chi connectivity index (χ0v) is 11.1. The van der Waals surface area contributed by atoms with E-state index in [1.165, 1.54) is 0 Å². The number of ether oxygens (including phenoxy) is 1. The summed E-state index contributed by atoms with van der Waals surface area (Å²) < 4.78 is 5.65. The molecule has 3 aromatic rings. The largest absolute Gasteiger partial charge is 0.508 e. The fourth-order valence-corrected chi connectivity index (χ4v) is 2.05. The minimum atomic E-state index is 0.200. The van der Waals surface area contributed by atoms with E-state index in [1.807, 2.05) is 24.3 Å². The average molecular weight is 266 g/mol. The van der Waals surface area contributed by atoms with Crippen LogP contribution in [0, 0.1) is 0 Å². The molecule has 0 aliphatic rings. The Morgan fingerprint density at radius 2 is 1.75 bits per heavy atom. The van der Waals surface area contributed by atoms with Gasteiger partial charge < -0.3 is 9.84 Å². The van der Waals surface area contributed by atoms with Crippen molar-refractivity contribution in [2.75, 3.05) is 0 Å². The van der Waals surface area contributed by atoms with Gasteiger partial charge in [-0.3, -0.25) is 0 Å². The first-order valence-corrected chi connectivity index (χ1v) is 6.49. The number of aromatic hydroxyl groups is 1. The summed E-state index contributed by atoms with van der Waals surface area (Å²) in [5, 5.41) is 10.3. The van der Waals surface area contributed by atoms with E-state index in [9.17, 15) is 5.11 Å². The Hall–Kier alpha value is -2.62. The third-order valence-electron chi connectivity index (χ3n) is 3.04. The third kappa shape index (κ3) is 2.40. The van der Waals surface area contributed by atoms with Crippen molar-refractivity contribution >= 4 is 10.9 Å². The van der Waals surface area contributed by atoms with Crippen LogP contribution in [0.1, 0.15) is 12.6 Å². The maximum atomic E-state index is 9.26. The van der Waals surface area contributed by atoms with E-state index in [0.29, 0.717) is 11.8 Å². The Kier molecular flexibility index (Phi) is 3.21. The molecule has 0 saturated heterocycles. The predicted molar refractivity (Wildman–Crippen MR) is 77.1 cm³/mol. The van der Waals surface area contributed by atoms with Gasteiger partial charge in [0.05, 0.1) is 11.2 Å². The van der Waals surface area contributed by atoms with Crippen molar-refractivity contribution in [3.63, 3.8) is 0 Å². The van der Waals surface area contributed by atoms with Gasteiger partial charge in [0.2, 0.25) is 0 Å². The van der Waals surface area contributed by atoms with Gasteiger partial charge in [0, 0.05) is 5.39 Å². The maximum absolute atomic E-state index is 9.26. The summed E-state index contributed by atoms with van der Waals surface area (Å²) >= 11 is 0. The number of nitrogens with zero attached hydrogens (tertiary/aromatic N) is 2. The number of hydrogen-bond acceptors (Lipinski definition) is 4. The molecule has 0 atom stereocenters. The van der Waals surface area contributed by atoms with Crippen LogP contribution in [-0.2, 0) is 6.42 Å². The Morgan fingerprint density at radius 1 is 1.00 bits per heavy atom. The lowest BCUT2D eigenvalue weighted by Crippen LogP contribution is -1.97. The first-order valence-electron chi connectivity index (χ1n) is 6.49. The van der Waals surface area contributed by atoms with Crippen LogP contribution < -0.4 is 4.74 Å². The fraction of sp³-hybridized carbons (Fsp3) is 0.125. The molecule has 0 bridgehead atoms. The molecule has 3 rings (SSSR count). The molecule has 1 N–H and O–H groups in total. The predicted octanol–water partition coefficient (Wildman–Crippen LogP) is 3.69. The second-order valence-electron chi connectivity index (χ2n) is 4.42. The number of hydrogen-bond donors (Lipinski definition) is 1. The van der Waals surface area contributed by atoms with Crippen LogP contribution in [0.25, 0.3) is 10.9 Å². The van der Waals surface area contributed by atoms with E-state index >= 15 is 0 Å². The first-order chi connectivity index (χ1) is 9.76. The first kappa shape index (κ1) is 12.4. The second kappa shape index (κ2) is 5.17. The lowest BCUT2D eigenvalue weighted by Gasteiger charge is -2.08. The molecular formula is C16H14N2O2. The van der Waals surface area contributed by atoms with Crippen molar-refractivity contribution in [3.8, 4) is 17.5 Å². The molecule has 4 heteroatoms. The fourth-order valence-electron chi connectivity index (χ4n) is 2.05. The SMILES string of the molecule is CCc1nc(Oc2ccc(O)cc2)nc2ccccc12. The van der Waals surface area contributed by atoms with E-state index in [4.69, 9.17) is 4.74 Å². The molecule has 0 unspecified atom stereocenters. The topological polar surface area (TPSA) is 55.2 Å². The van der Waals surface area contributed by atoms with Crippen molar-refractivity contribution in [1.82, 2.24) is 9.97 Å².